The highest BCUT2D eigenvalue weighted by Gasteiger charge is 2.42. The molecule has 0 spiro atoms. The first kappa shape index (κ1) is 13.0. The number of nitrogens with zero attached hydrogens (tertiary/aromatic N) is 3. The molecule has 5 heteroatoms. The molecule has 1 fully saturated rings. The molecule has 3 atom stereocenters. The average molecular weight is 240 g/mol. The van der Waals surface area contributed by atoms with Gasteiger partial charge in [-0.25, -0.2) is 10.4 Å². The van der Waals surface area contributed by atoms with Crippen molar-refractivity contribution in [3.05, 3.63) is 0 Å². The summed E-state index contributed by atoms with van der Waals surface area (Å²) in [6, 6.07) is 0. The van der Waals surface area contributed by atoms with Gasteiger partial charge in [0.25, 0.3) is 0 Å². The molecule has 0 aliphatic carbocycles. The van der Waals surface area contributed by atoms with E-state index in [9.17, 15) is 0 Å². The Hall–Kier alpha value is -0.490. The molecule has 2 rings (SSSR count). The van der Waals surface area contributed by atoms with Crippen LogP contribution in [0.4, 0.5) is 0 Å². The van der Waals surface area contributed by atoms with Gasteiger partial charge in [-0.1, -0.05) is 6.92 Å². The van der Waals surface area contributed by atoms with Crippen molar-refractivity contribution in [3.63, 3.8) is 0 Å². The van der Waals surface area contributed by atoms with Crippen LogP contribution in [0.15, 0.2) is 4.99 Å². The van der Waals surface area contributed by atoms with E-state index in [-0.39, 0.29) is 6.17 Å². The Morgan fingerprint density at radius 2 is 2.41 bits per heavy atom. The summed E-state index contributed by atoms with van der Waals surface area (Å²) in [4.78, 5) is 7.03. The van der Waals surface area contributed by atoms with Crippen LogP contribution in [0.3, 0.4) is 0 Å². The Kier molecular flexibility index (Phi) is 4.50. The third-order valence-corrected chi connectivity index (χ3v) is 3.78. The number of rotatable bonds is 5. The number of hydrazine groups is 1. The number of hydrogen-bond donors (Lipinski definition) is 1. The van der Waals surface area contributed by atoms with E-state index in [0.717, 1.165) is 26.1 Å². The maximum atomic E-state index is 5.19. The molecule has 98 valence electrons. The molecule has 17 heavy (non-hydrogen) atoms. The Labute approximate surface area is 104 Å². The van der Waals surface area contributed by atoms with Crippen molar-refractivity contribution in [3.8, 4) is 0 Å². The number of aliphatic imine (C=N–C) groups is 1. The number of methoxy groups -OCH3 is 1. The zero-order chi connectivity index (χ0) is 12.3. The summed E-state index contributed by atoms with van der Waals surface area (Å²) >= 11 is 0. The smallest absolute Gasteiger partial charge is 0.117 e. The van der Waals surface area contributed by atoms with Crippen molar-refractivity contribution in [2.24, 2.45) is 10.9 Å². The predicted octanol–water partition coefficient (Wildman–Crippen LogP) is 0.538. The van der Waals surface area contributed by atoms with E-state index in [1.165, 1.54) is 6.42 Å². The Balaban J connectivity index is 2.04. The molecule has 0 radical (unpaired) electrons. The van der Waals surface area contributed by atoms with Crippen LogP contribution in [0.1, 0.15) is 19.8 Å². The fraction of sp³-hybridized carbons (Fsp3) is 0.917. The van der Waals surface area contributed by atoms with Crippen LogP contribution >= 0.6 is 0 Å². The third kappa shape index (κ3) is 2.68. The molecule has 2 aliphatic rings. The van der Waals surface area contributed by atoms with Crippen molar-refractivity contribution in [2.45, 2.75) is 32.1 Å². The fourth-order valence-corrected chi connectivity index (χ4v) is 2.94. The number of ether oxygens (including phenoxy) is 1. The minimum atomic E-state index is 0.273. The van der Waals surface area contributed by atoms with Gasteiger partial charge in [0.05, 0.1) is 12.8 Å². The van der Waals surface area contributed by atoms with Gasteiger partial charge in [0.1, 0.15) is 6.17 Å². The molecule has 2 aliphatic heterocycles. The highest BCUT2D eigenvalue weighted by Crippen LogP contribution is 2.30. The first-order valence-corrected chi connectivity index (χ1v) is 6.51. The summed E-state index contributed by atoms with van der Waals surface area (Å²) in [6.45, 7) is 5.03. The average Bonchev–Trinajstić information content (AvgIpc) is 2.67. The molecule has 2 heterocycles. The van der Waals surface area contributed by atoms with E-state index >= 15 is 0 Å². The Morgan fingerprint density at radius 3 is 3.12 bits per heavy atom. The minimum absolute atomic E-state index is 0.273. The van der Waals surface area contributed by atoms with Gasteiger partial charge in [-0.3, -0.25) is 9.89 Å². The second kappa shape index (κ2) is 5.91. The number of likely N-dealkylation sites (N-methyl/N-ethyl adjacent to an activating group) is 1. The van der Waals surface area contributed by atoms with E-state index < -0.39 is 0 Å². The molecule has 5 nitrogen and oxygen atoms in total. The molecule has 3 unspecified atom stereocenters. The van der Waals surface area contributed by atoms with Gasteiger partial charge < -0.3 is 4.74 Å². The monoisotopic (exact) mass is 240 g/mol. The quantitative estimate of drug-likeness (QED) is 0.761. The molecule has 0 aromatic heterocycles. The van der Waals surface area contributed by atoms with Crippen molar-refractivity contribution in [1.29, 1.82) is 0 Å². The molecule has 1 N–H and O–H groups in total. The number of nitrogens with one attached hydrogen (secondary N) is 1. The van der Waals surface area contributed by atoms with Crippen molar-refractivity contribution < 1.29 is 4.74 Å². The lowest BCUT2D eigenvalue weighted by atomic mass is 9.95. The van der Waals surface area contributed by atoms with Gasteiger partial charge in [-0.15, -0.1) is 0 Å². The molecule has 0 saturated carbocycles. The lowest BCUT2D eigenvalue weighted by molar-refractivity contribution is 0.0289. The number of hydrogen-bond acceptors (Lipinski definition) is 5. The van der Waals surface area contributed by atoms with Crippen LogP contribution < -0.4 is 5.43 Å². The first-order valence-electron chi connectivity index (χ1n) is 6.51. The first-order chi connectivity index (χ1) is 8.27. The van der Waals surface area contributed by atoms with Crippen LogP contribution in [0, 0.1) is 5.92 Å². The van der Waals surface area contributed by atoms with Gasteiger partial charge in [0.2, 0.25) is 0 Å². The summed E-state index contributed by atoms with van der Waals surface area (Å²) < 4.78 is 5.19. The van der Waals surface area contributed by atoms with Crippen LogP contribution in [-0.2, 0) is 4.74 Å². The Morgan fingerprint density at radius 1 is 1.59 bits per heavy atom. The highest BCUT2D eigenvalue weighted by atomic mass is 16.5. The summed E-state index contributed by atoms with van der Waals surface area (Å²) in [5, 5.41) is 2.22. The maximum Gasteiger partial charge on any atom is 0.117 e. The largest absolute Gasteiger partial charge is 0.383 e. The van der Waals surface area contributed by atoms with Gasteiger partial charge in [-0.05, 0) is 19.4 Å². The van der Waals surface area contributed by atoms with E-state index in [0.29, 0.717) is 12.1 Å². The molecule has 0 bridgehead atoms. The second-order valence-electron chi connectivity index (χ2n) is 4.79. The highest BCUT2D eigenvalue weighted by molar-refractivity contribution is 5.58. The molecule has 0 aromatic carbocycles. The predicted molar refractivity (Wildman–Crippen MR) is 68.8 cm³/mol. The fourth-order valence-electron chi connectivity index (χ4n) is 2.94. The van der Waals surface area contributed by atoms with Gasteiger partial charge >= 0.3 is 0 Å². The molecule has 0 amide bonds. The van der Waals surface area contributed by atoms with E-state index in [4.69, 9.17) is 4.74 Å². The standard InChI is InChI=1S/C12H24N4O/c1-4-16(8-9-17-3)12-10-6-5-7-13-11(10)14-15(12)2/h7,10-12,14H,4-6,8-9H2,1-3H3. The van der Waals surface area contributed by atoms with Crippen molar-refractivity contribution >= 4 is 6.21 Å². The lowest BCUT2D eigenvalue weighted by Gasteiger charge is -2.35. The molecule has 0 aromatic rings. The van der Waals surface area contributed by atoms with Crippen molar-refractivity contribution in [2.75, 3.05) is 33.9 Å². The maximum absolute atomic E-state index is 5.19. The normalized spacial score (nSPS) is 33.3. The van der Waals surface area contributed by atoms with Crippen LogP contribution in [0.2, 0.25) is 0 Å². The molecular formula is C12H24N4O. The Bertz CT molecular complexity index is 271. The molecular weight excluding hydrogens is 216 g/mol. The summed E-state index contributed by atoms with van der Waals surface area (Å²) in [6.07, 6.45) is 5.10. The zero-order valence-corrected chi connectivity index (χ0v) is 11.1. The SMILES string of the molecule is CCN(CCOC)C1C2CCC=NC2NN1C. The minimum Gasteiger partial charge on any atom is -0.383 e. The summed E-state index contributed by atoms with van der Waals surface area (Å²) in [7, 11) is 3.88. The topological polar surface area (TPSA) is 40.1 Å². The zero-order valence-electron chi connectivity index (χ0n) is 11.1. The van der Waals surface area contributed by atoms with Crippen molar-refractivity contribution in [1.82, 2.24) is 15.3 Å². The van der Waals surface area contributed by atoms with Gasteiger partial charge in [0, 0.05) is 32.8 Å². The molecule has 1 saturated heterocycles. The van der Waals surface area contributed by atoms with Crippen LogP contribution in [-0.4, -0.2) is 62.3 Å². The summed E-state index contributed by atoms with van der Waals surface area (Å²) in [5.41, 5.74) is 3.45. The number of fused-ring (bicyclic) bond motifs is 1. The van der Waals surface area contributed by atoms with E-state index in [2.05, 4.69) is 40.5 Å². The van der Waals surface area contributed by atoms with E-state index in [1.54, 1.807) is 7.11 Å². The van der Waals surface area contributed by atoms with Crippen LogP contribution in [0.25, 0.3) is 0 Å². The second-order valence-corrected chi connectivity index (χ2v) is 4.79. The van der Waals surface area contributed by atoms with Gasteiger partial charge in [-0.2, -0.15) is 0 Å². The van der Waals surface area contributed by atoms with Gasteiger partial charge in [0.15, 0.2) is 0 Å². The third-order valence-electron chi connectivity index (χ3n) is 3.78. The van der Waals surface area contributed by atoms with E-state index in [1.807, 2.05) is 0 Å². The van der Waals surface area contributed by atoms with Crippen LogP contribution in [0.5, 0.6) is 0 Å². The lowest BCUT2D eigenvalue weighted by Crippen LogP contribution is -2.49. The summed E-state index contributed by atoms with van der Waals surface area (Å²) in [5.74, 6) is 0.599.